The Bertz CT molecular complexity index is 323. The fraction of sp³-hybridized carbons (Fsp3) is 0.636. The van der Waals surface area contributed by atoms with Gasteiger partial charge in [0.1, 0.15) is 12.4 Å². The molecule has 0 saturated carbocycles. The fourth-order valence-electron chi connectivity index (χ4n) is 1.50. The summed E-state index contributed by atoms with van der Waals surface area (Å²) in [5, 5.41) is 10.7. The van der Waals surface area contributed by atoms with Gasteiger partial charge < -0.3 is 10.4 Å². The van der Waals surface area contributed by atoms with Gasteiger partial charge in [0, 0.05) is 13.0 Å². The molecule has 0 aromatic carbocycles. The van der Waals surface area contributed by atoms with Gasteiger partial charge in [-0.3, -0.25) is 0 Å². The number of hydrogen-bond acceptors (Lipinski definition) is 1. The van der Waals surface area contributed by atoms with Gasteiger partial charge in [-0.15, -0.1) is 0 Å². The topological polar surface area (TPSA) is 58.1 Å². The van der Waals surface area contributed by atoms with Crippen LogP contribution in [0.2, 0.25) is 0 Å². The molecular weight excluding hydrogens is 206 g/mol. The van der Waals surface area contributed by atoms with Crippen LogP contribution in [0.15, 0.2) is 18.7 Å². The zero-order chi connectivity index (χ0) is 11.8. The molecule has 5 heteroatoms. The van der Waals surface area contributed by atoms with Crippen molar-refractivity contribution in [3.05, 3.63) is 18.7 Å². The third-order valence-corrected chi connectivity index (χ3v) is 2.39. The van der Waals surface area contributed by atoms with Crippen LogP contribution < -0.4 is 9.88 Å². The van der Waals surface area contributed by atoms with Gasteiger partial charge in [0.05, 0.1) is 13.1 Å². The predicted octanol–water partition coefficient (Wildman–Crippen LogP) is 1.23. The number of amides is 1. The Hall–Kier alpha value is -1.52. The number of aromatic nitrogens is 2. The summed E-state index contributed by atoms with van der Waals surface area (Å²) >= 11 is 0. The number of rotatable bonds is 7. The Kier molecular flexibility index (Phi) is 5.39. The lowest BCUT2D eigenvalue weighted by Gasteiger charge is -1.98. The number of unbranched alkanes of at least 4 members (excludes halogenated alkanes) is 1. The van der Waals surface area contributed by atoms with Crippen molar-refractivity contribution < 1.29 is 14.5 Å². The summed E-state index contributed by atoms with van der Waals surface area (Å²) < 4.78 is 4.24. The van der Waals surface area contributed by atoms with Gasteiger partial charge in [-0.1, -0.05) is 13.3 Å². The second kappa shape index (κ2) is 6.87. The molecule has 0 atom stereocenters. The van der Waals surface area contributed by atoms with Crippen LogP contribution in [0.4, 0.5) is 4.79 Å². The van der Waals surface area contributed by atoms with Crippen molar-refractivity contribution >= 4 is 6.09 Å². The molecule has 1 aromatic heterocycles. The van der Waals surface area contributed by atoms with E-state index in [2.05, 4.69) is 33.9 Å². The molecule has 2 N–H and O–H groups in total. The minimum absolute atomic E-state index is 0.502. The molecule has 1 amide bonds. The lowest BCUT2D eigenvalue weighted by molar-refractivity contribution is -0.696. The zero-order valence-corrected chi connectivity index (χ0v) is 9.72. The van der Waals surface area contributed by atoms with E-state index in [0.717, 1.165) is 19.5 Å². The SMILES string of the molecule is CCCCn1cc[n+](CCCNC(=O)O)c1. The Labute approximate surface area is 95.7 Å². The molecule has 0 bridgehead atoms. The molecular formula is C11H20N3O2+. The third kappa shape index (κ3) is 4.82. The summed E-state index contributed by atoms with van der Waals surface area (Å²) in [5.41, 5.74) is 0. The summed E-state index contributed by atoms with van der Waals surface area (Å²) in [6, 6.07) is 0. The van der Waals surface area contributed by atoms with E-state index in [0.29, 0.717) is 6.54 Å². The Morgan fingerprint density at radius 3 is 3.00 bits per heavy atom. The summed E-state index contributed by atoms with van der Waals surface area (Å²) in [4.78, 5) is 10.2. The molecule has 1 heterocycles. The number of carboxylic acid groups (broad SMARTS) is 1. The predicted molar refractivity (Wildman–Crippen MR) is 60.2 cm³/mol. The van der Waals surface area contributed by atoms with Crippen molar-refractivity contribution in [2.45, 2.75) is 39.3 Å². The highest BCUT2D eigenvalue weighted by Crippen LogP contribution is 1.93. The molecule has 0 aliphatic carbocycles. The van der Waals surface area contributed by atoms with Gasteiger partial charge in [0.25, 0.3) is 0 Å². The van der Waals surface area contributed by atoms with Crippen molar-refractivity contribution in [1.82, 2.24) is 9.88 Å². The summed E-state index contributed by atoms with van der Waals surface area (Å²) in [6.45, 7) is 4.58. The van der Waals surface area contributed by atoms with Crippen molar-refractivity contribution in [1.29, 1.82) is 0 Å². The maximum atomic E-state index is 10.2. The van der Waals surface area contributed by atoms with E-state index < -0.39 is 6.09 Å². The van der Waals surface area contributed by atoms with E-state index in [1.165, 1.54) is 12.8 Å². The fourth-order valence-corrected chi connectivity index (χ4v) is 1.50. The quantitative estimate of drug-likeness (QED) is 0.543. The molecule has 1 aromatic rings. The van der Waals surface area contributed by atoms with Crippen molar-refractivity contribution in [2.75, 3.05) is 6.54 Å². The minimum Gasteiger partial charge on any atom is -0.465 e. The van der Waals surface area contributed by atoms with Gasteiger partial charge in [-0.25, -0.2) is 13.9 Å². The molecule has 0 unspecified atom stereocenters. The van der Waals surface area contributed by atoms with E-state index in [1.54, 1.807) is 0 Å². The van der Waals surface area contributed by atoms with Gasteiger partial charge in [0.15, 0.2) is 0 Å². The van der Waals surface area contributed by atoms with Gasteiger partial charge in [0.2, 0.25) is 6.33 Å². The van der Waals surface area contributed by atoms with E-state index >= 15 is 0 Å². The molecule has 16 heavy (non-hydrogen) atoms. The number of nitrogens with zero attached hydrogens (tertiary/aromatic N) is 2. The summed E-state index contributed by atoms with van der Waals surface area (Å²) in [6.07, 6.45) is 8.39. The Balaban J connectivity index is 2.21. The van der Waals surface area contributed by atoms with Crippen LogP contribution in [0.3, 0.4) is 0 Å². The molecule has 90 valence electrons. The molecule has 1 rings (SSSR count). The lowest BCUT2D eigenvalue weighted by Crippen LogP contribution is -2.33. The smallest absolute Gasteiger partial charge is 0.404 e. The van der Waals surface area contributed by atoms with Crippen LogP contribution >= 0.6 is 0 Å². The number of nitrogens with one attached hydrogen (secondary N) is 1. The van der Waals surface area contributed by atoms with Gasteiger partial charge in [-0.2, -0.15) is 0 Å². The van der Waals surface area contributed by atoms with Crippen LogP contribution in [0, 0.1) is 0 Å². The second-order valence-electron chi connectivity index (χ2n) is 3.83. The largest absolute Gasteiger partial charge is 0.465 e. The number of hydrogen-bond donors (Lipinski definition) is 2. The highest BCUT2D eigenvalue weighted by Gasteiger charge is 2.02. The van der Waals surface area contributed by atoms with Crippen molar-refractivity contribution in [2.24, 2.45) is 0 Å². The Morgan fingerprint density at radius 2 is 2.31 bits per heavy atom. The van der Waals surface area contributed by atoms with Gasteiger partial charge >= 0.3 is 6.09 Å². The molecule has 5 nitrogen and oxygen atoms in total. The highest BCUT2D eigenvalue weighted by molar-refractivity contribution is 5.64. The molecule has 0 radical (unpaired) electrons. The first-order chi connectivity index (χ1) is 7.72. The first kappa shape index (κ1) is 12.5. The van der Waals surface area contributed by atoms with E-state index in [4.69, 9.17) is 5.11 Å². The van der Waals surface area contributed by atoms with Crippen LogP contribution in [0.1, 0.15) is 26.2 Å². The Morgan fingerprint density at radius 1 is 1.50 bits per heavy atom. The van der Waals surface area contributed by atoms with Crippen molar-refractivity contribution in [3.8, 4) is 0 Å². The molecule has 0 spiro atoms. The van der Waals surface area contributed by atoms with Crippen molar-refractivity contribution in [3.63, 3.8) is 0 Å². The number of aryl methyl sites for hydroxylation is 2. The standard InChI is InChI=1S/C11H19N3O2/c1-2-3-6-13-8-9-14(10-13)7-4-5-12-11(15)16/h8-10,12H,2-7H2,1H3/p+1. The number of carbonyl (C=O) groups is 1. The molecule has 0 aliphatic heterocycles. The first-order valence-corrected chi connectivity index (χ1v) is 5.74. The van der Waals surface area contributed by atoms with Crippen LogP contribution in [-0.4, -0.2) is 22.3 Å². The average molecular weight is 226 g/mol. The molecule has 0 saturated heterocycles. The van der Waals surface area contributed by atoms with Crippen LogP contribution in [-0.2, 0) is 13.1 Å². The average Bonchev–Trinajstić information content (AvgIpc) is 2.69. The van der Waals surface area contributed by atoms with Crippen LogP contribution in [0.25, 0.3) is 0 Å². The minimum atomic E-state index is -0.953. The summed E-state index contributed by atoms with van der Waals surface area (Å²) in [5.74, 6) is 0. The van der Waals surface area contributed by atoms with E-state index in [1.807, 2.05) is 6.20 Å². The second-order valence-corrected chi connectivity index (χ2v) is 3.83. The maximum absolute atomic E-state index is 10.2. The molecule has 0 aliphatic rings. The zero-order valence-electron chi connectivity index (χ0n) is 9.72. The third-order valence-electron chi connectivity index (χ3n) is 2.39. The lowest BCUT2D eigenvalue weighted by atomic mass is 10.3. The molecule has 0 fully saturated rings. The maximum Gasteiger partial charge on any atom is 0.404 e. The normalized spacial score (nSPS) is 10.3. The number of imidazole rings is 1. The van der Waals surface area contributed by atoms with Gasteiger partial charge in [-0.05, 0) is 6.42 Å². The van der Waals surface area contributed by atoms with E-state index in [-0.39, 0.29) is 0 Å². The van der Waals surface area contributed by atoms with E-state index in [9.17, 15) is 4.79 Å². The van der Waals surface area contributed by atoms with Crippen LogP contribution in [0.5, 0.6) is 0 Å². The first-order valence-electron chi connectivity index (χ1n) is 5.74. The highest BCUT2D eigenvalue weighted by atomic mass is 16.4. The summed E-state index contributed by atoms with van der Waals surface area (Å²) in [7, 11) is 0. The monoisotopic (exact) mass is 226 g/mol.